The molecular weight excluding hydrogens is 1120 g/mol. The van der Waals surface area contributed by atoms with Gasteiger partial charge in [0.1, 0.15) is 5.54 Å². The number of halogens is 3. The van der Waals surface area contributed by atoms with Gasteiger partial charge in [0.05, 0.1) is 0 Å². The Balaban J connectivity index is 0. The van der Waals surface area contributed by atoms with Crippen molar-refractivity contribution in [2.75, 3.05) is 14.1 Å². The van der Waals surface area contributed by atoms with Gasteiger partial charge in [-0.25, -0.2) is 0 Å². The summed E-state index contributed by atoms with van der Waals surface area (Å²) in [5.74, 6) is 4.91. The van der Waals surface area contributed by atoms with Crippen LogP contribution in [0.3, 0.4) is 0 Å². The highest BCUT2D eigenvalue weighted by molar-refractivity contribution is 4.96. The number of nitrogens with zero attached hydrogens (tertiary/aromatic N) is 2. The van der Waals surface area contributed by atoms with Gasteiger partial charge in [-0.05, 0) is 216 Å². The molecule has 7 aliphatic rings. The van der Waals surface area contributed by atoms with Gasteiger partial charge >= 0.3 is 6.18 Å². The van der Waals surface area contributed by atoms with Crippen LogP contribution in [-0.4, -0.2) is 137 Å². The normalized spacial score (nSPS) is 23.6. The minimum absolute atomic E-state index is 0.161. The molecule has 7 aliphatic carbocycles. The van der Waals surface area contributed by atoms with Crippen LogP contribution in [0.2, 0.25) is 0 Å². The Morgan fingerprint density at radius 2 is 0.844 bits per heavy atom. The zero-order valence-corrected chi connectivity index (χ0v) is 66.9. The monoisotopic (exact) mass is 1290 g/mol. The Labute approximate surface area is 563 Å². The topological polar surface area (TPSA) is 90.7 Å². The van der Waals surface area contributed by atoms with E-state index in [0.29, 0.717) is 70.7 Å². The van der Waals surface area contributed by atoms with E-state index >= 15 is 0 Å². The fourth-order valence-corrected chi connectivity index (χ4v) is 13.4. The molecule has 7 rings (SSSR count). The van der Waals surface area contributed by atoms with E-state index < -0.39 is 11.7 Å². The zero-order chi connectivity index (χ0) is 70.5. The van der Waals surface area contributed by atoms with Crippen LogP contribution in [0.25, 0.3) is 0 Å². The highest BCUT2D eigenvalue weighted by Crippen LogP contribution is 2.45. The lowest BCUT2D eigenvalue weighted by Crippen LogP contribution is -2.54. The van der Waals surface area contributed by atoms with Crippen molar-refractivity contribution in [3.63, 3.8) is 0 Å². The van der Waals surface area contributed by atoms with E-state index in [9.17, 15) is 13.2 Å². The van der Waals surface area contributed by atoms with E-state index in [1.165, 1.54) is 122 Å². The average molecular weight is 1290 g/mol. The average Bonchev–Trinajstić information content (AvgIpc) is 4.30. The number of alkyl halides is 3. The Kier molecular flexibility index (Phi) is 44.4. The summed E-state index contributed by atoms with van der Waals surface area (Å²) in [6.45, 7) is 68.3. The highest BCUT2D eigenvalue weighted by atomic mass is 19.4. The van der Waals surface area contributed by atoms with Gasteiger partial charge in [-0.2, -0.15) is 13.2 Å². The Hall–Kier alpha value is -0.570. The van der Waals surface area contributed by atoms with Crippen LogP contribution in [0.5, 0.6) is 0 Å². The van der Waals surface area contributed by atoms with E-state index in [-0.39, 0.29) is 11.6 Å². The third-order valence-corrected chi connectivity index (χ3v) is 20.5. The first-order valence-electron chi connectivity index (χ1n) is 37.7. The Bertz CT molecular complexity index is 1700. The van der Waals surface area contributed by atoms with Crippen molar-refractivity contribution in [2.45, 2.75) is 456 Å². The minimum atomic E-state index is -4.18. The first-order chi connectivity index (χ1) is 40.9. The maximum Gasteiger partial charge on any atom is 0.406 e. The summed E-state index contributed by atoms with van der Waals surface area (Å²) in [7, 11) is 4.39. The number of fused-ring (bicyclic) bond motifs is 4. The van der Waals surface area contributed by atoms with Gasteiger partial charge in [0.2, 0.25) is 0 Å². The molecule has 0 heterocycles. The van der Waals surface area contributed by atoms with Crippen molar-refractivity contribution in [2.24, 2.45) is 35.0 Å². The van der Waals surface area contributed by atoms with Gasteiger partial charge in [-0.3, -0.25) is 4.90 Å². The highest BCUT2D eigenvalue weighted by Gasteiger charge is 2.47. The van der Waals surface area contributed by atoms with E-state index in [4.69, 9.17) is 0 Å². The van der Waals surface area contributed by atoms with Crippen LogP contribution in [0.15, 0.2) is 0 Å². The van der Waals surface area contributed by atoms with E-state index in [0.717, 1.165) is 67.7 Å². The largest absolute Gasteiger partial charge is 0.406 e. The Morgan fingerprint density at radius 3 is 1.01 bits per heavy atom. The van der Waals surface area contributed by atoms with E-state index in [2.05, 4.69) is 255 Å². The second-order valence-corrected chi connectivity index (χ2v) is 35.8. The van der Waals surface area contributed by atoms with Gasteiger partial charge in [0, 0.05) is 101 Å². The second kappa shape index (κ2) is 43.7. The lowest BCUT2D eigenvalue weighted by Gasteiger charge is -2.37. The smallest absolute Gasteiger partial charge is 0.312 e. The molecule has 7 saturated carbocycles. The predicted octanol–water partition coefficient (Wildman–Crippen LogP) is 19.8. The molecule has 4 bridgehead atoms. The van der Waals surface area contributed by atoms with Crippen molar-refractivity contribution in [3.05, 3.63) is 0 Å². The summed E-state index contributed by atoms with van der Waals surface area (Å²) in [5.41, 5.74) is -0.375. The molecule has 544 valence electrons. The van der Waals surface area contributed by atoms with Crippen molar-refractivity contribution >= 4 is 0 Å². The Morgan fingerprint density at radius 1 is 0.433 bits per heavy atom. The summed E-state index contributed by atoms with van der Waals surface area (Å²) in [5, 5.41) is 23.9. The minimum Gasteiger partial charge on any atom is -0.312 e. The van der Waals surface area contributed by atoms with Crippen LogP contribution < -0.4 is 37.2 Å². The van der Waals surface area contributed by atoms with Crippen LogP contribution in [0.4, 0.5) is 13.2 Å². The van der Waals surface area contributed by atoms with Crippen molar-refractivity contribution in [1.82, 2.24) is 47.0 Å². The third kappa shape index (κ3) is 41.5. The molecule has 0 amide bonds. The molecule has 7 unspecified atom stereocenters. The molecule has 0 aliphatic heterocycles. The molecule has 0 spiro atoms. The van der Waals surface area contributed by atoms with Gasteiger partial charge in [-0.15, -0.1) is 0 Å². The van der Waals surface area contributed by atoms with Crippen molar-refractivity contribution in [1.29, 1.82) is 0 Å². The maximum absolute atomic E-state index is 12.1. The molecule has 0 aromatic heterocycles. The molecule has 90 heavy (non-hydrogen) atoms. The van der Waals surface area contributed by atoms with E-state index in [1.807, 2.05) is 0 Å². The van der Waals surface area contributed by atoms with Crippen molar-refractivity contribution in [3.8, 4) is 0 Å². The lowest BCUT2D eigenvalue weighted by molar-refractivity contribution is -0.187. The summed E-state index contributed by atoms with van der Waals surface area (Å²) in [4.78, 5) is 4.83. The fourth-order valence-electron chi connectivity index (χ4n) is 13.4. The number of hydrogen-bond donors (Lipinski definition) is 7. The molecule has 0 aromatic carbocycles. The quantitative estimate of drug-likeness (QED) is 0.0725. The molecule has 7 fully saturated rings. The van der Waals surface area contributed by atoms with Crippen LogP contribution in [0, 0.1) is 35.0 Å². The van der Waals surface area contributed by atoms with Gasteiger partial charge in [0.15, 0.2) is 0 Å². The van der Waals surface area contributed by atoms with Crippen LogP contribution >= 0.6 is 0 Å². The number of hydrogen-bond acceptors (Lipinski definition) is 9. The predicted molar refractivity (Wildman–Crippen MR) is 397 cm³/mol. The molecule has 7 atom stereocenters. The SMILES string of the molecule is CC(C)N(C)C(C)(C)C.CC(C)N(C)C1CCC1.CC(C)NC(C)(C)C(C)C.CC(C)NC(C)(C)C(F)(F)F.CC(C)NC(C)C(C)(C)C.CC(C)NC1(C)CCCCC1.CC(C)NC1CC2CCC1C2.CC(C)NC1CC2CCC1C2.CC(C)NC1CCC1. The van der Waals surface area contributed by atoms with Gasteiger partial charge < -0.3 is 42.1 Å². The first kappa shape index (κ1) is 91.5. The van der Waals surface area contributed by atoms with Crippen LogP contribution in [0.1, 0.15) is 344 Å². The first-order valence-corrected chi connectivity index (χ1v) is 37.7. The molecule has 7 N–H and O–H groups in total. The molecule has 0 radical (unpaired) electrons. The second-order valence-electron chi connectivity index (χ2n) is 35.8. The zero-order valence-electron chi connectivity index (χ0n) is 66.9. The lowest BCUT2D eigenvalue weighted by atomic mass is 9.83. The molecule has 0 aromatic rings. The molecule has 12 heteroatoms. The summed E-state index contributed by atoms with van der Waals surface area (Å²) in [6.07, 6.45) is 23.3. The summed E-state index contributed by atoms with van der Waals surface area (Å²) in [6, 6.07) is 9.16. The van der Waals surface area contributed by atoms with Crippen molar-refractivity contribution < 1.29 is 13.2 Å². The summed E-state index contributed by atoms with van der Waals surface area (Å²) >= 11 is 0. The maximum atomic E-state index is 12.1. The molecular formula is C78H166F3N9. The standard InChI is InChI=1S/2C10H19N.C10H21N.2C9H21N.C8H17N.C8H19N.C7H14F3N.C7H15N/c2*1-7(2)11-10-6-8-3-4-9(10)5-8;1-9(2)11-10(3)7-5-4-6-8-10;1-7(2)10-8(3)9(4,5)6;1-7(2)9(5,6)10-8(3)4;1-7(2)9(3)8-5-4-6-8;1-7(2)9(6)8(3,4)5;1-5(2)11-6(3,4)7(8,9)10;1-6(2)8-7-4-3-5-7/h2*7-11H,3-6H2,1-2H3;9,11H,4-8H2,1-3H3;2*7-8,10H,1-6H3;7-8H,4-6H2,1-3H3;7H,1-6H3;5,11H,1-4H3;6-8H,3-5H2,1-2H3. The number of nitrogens with one attached hydrogen (secondary N) is 7. The van der Waals surface area contributed by atoms with Gasteiger partial charge in [0.25, 0.3) is 0 Å². The fraction of sp³-hybridized carbons (Fsp3) is 1.00. The molecule has 0 saturated heterocycles. The molecule has 9 nitrogen and oxygen atoms in total. The van der Waals surface area contributed by atoms with Gasteiger partial charge in [-0.1, -0.05) is 176 Å². The number of rotatable bonds is 18. The van der Waals surface area contributed by atoms with E-state index in [1.54, 1.807) is 13.8 Å². The third-order valence-electron chi connectivity index (χ3n) is 20.5. The van der Waals surface area contributed by atoms with Crippen LogP contribution in [-0.2, 0) is 0 Å². The summed E-state index contributed by atoms with van der Waals surface area (Å²) < 4.78 is 36.4.